The average molecular weight is 286 g/mol. The first-order valence-electron chi connectivity index (χ1n) is 5.92. The fourth-order valence-corrected chi connectivity index (χ4v) is 2.66. The van der Waals surface area contributed by atoms with Gasteiger partial charge in [-0.25, -0.2) is 4.39 Å². The van der Waals surface area contributed by atoms with E-state index in [1.54, 1.807) is 6.07 Å². The summed E-state index contributed by atoms with van der Waals surface area (Å²) in [6.07, 6.45) is 5.28. The van der Waals surface area contributed by atoms with Crippen molar-refractivity contribution in [2.45, 2.75) is 32.2 Å². The lowest BCUT2D eigenvalue weighted by Gasteiger charge is -2.20. The summed E-state index contributed by atoms with van der Waals surface area (Å²) in [5.74, 6) is -0.175. The van der Waals surface area contributed by atoms with Gasteiger partial charge >= 0.3 is 0 Å². The molecular formula is C13H17BrFN. The molecule has 2 rings (SSSR count). The Hall–Kier alpha value is -0.410. The zero-order valence-corrected chi connectivity index (χ0v) is 11.0. The predicted octanol–water partition coefficient (Wildman–Crippen LogP) is 3.96. The Morgan fingerprint density at radius 3 is 2.44 bits per heavy atom. The van der Waals surface area contributed by atoms with Crippen LogP contribution in [0.25, 0.3) is 0 Å². The van der Waals surface area contributed by atoms with Crippen LogP contribution in [0.4, 0.5) is 4.39 Å². The molecule has 1 aromatic rings. The summed E-state index contributed by atoms with van der Waals surface area (Å²) in [4.78, 5) is 2.46. The molecule has 0 N–H and O–H groups in total. The maximum absolute atomic E-state index is 12.9. The van der Waals surface area contributed by atoms with Gasteiger partial charge in [-0.05, 0) is 43.6 Å². The fourth-order valence-electron chi connectivity index (χ4n) is 2.19. The first-order valence-corrected chi connectivity index (χ1v) is 6.71. The molecule has 88 valence electrons. The third-order valence-corrected chi connectivity index (χ3v) is 3.85. The SMILES string of the molecule is Fc1ccc(CN2CCCCCC2)c(Br)c1. The summed E-state index contributed by atoms with van der Waals surface area (Å²) in [6.45, 7) is 3.27. The highest BCUT2D eigenvalue weighted by Crippen LogP contribution is 2.21. The number of benzene rings is 1. The van der Waals surface area contributed by atoms with Crippen molar-refractivity contribution in [3.8, 4) is 0 Å². The van der Waals surface area contributed by atoms with Gasteiger partial charge in [0.2, 0.25) is 0 Å². The van der Waals surface area contributed by atoms with Crippen molar-refractivity contribution >= 4 is 15.9 Å². The van der Waals surface area contributed by atoms with E-state index in [2.05, 4.69) is 20.8 Å². The lowest BCUT2D eigenvalue weighted by Crippen LogP contribution is -2.24. The minimum absolute atomic E-state index is 0.175. The Kier molecular flexibility index (Phi) is 4.36. The molecule has 0 aliphatic carbocycles. The Balaban J connectivity index is 2.01. The number of hydrogen-bond acceptors (Lipinski definition) is 1. The molecule has 0 amide bonds. The van der Waals surface area contributed by atoms with Crippen molar-refractivity contribution < 1.29 is 4.39 Å². The summed E-state index contributed by atoms with van der Waals surface area (Å²) < 4.78 is 13.8. The lowest BCUT2D eigenvalue weighted by atomic mass is 10.2. The lowest BCUT2D eigenvalue weighted by molar-refractivity contribution is 0.276. The van der Waals surface area contributed by atoms with Crippen LogP contribution in [0.5, 0.6) is 0 Å². The van der Waals surface area contributed by atoms with E-state index in [4.69, 9.17) is 0 Å². The number of halogens is 2. The molecule has 1 aliphatic rings. The topological polar surface area (TPSA) is 3.24 Å². The monoisotopic (exact) mass is 285 g/mol. The molecule has 1 aromatic carbocycles. The molecular weight excluding hydrogens is 269 g/mol. The van der Waals surface area contributed by atoms with E-state index >= 15 is 0 Å². The van der Waals surface area contributed by atoms with E-state index in [1.165, 1.54) is 50.4 Å². The van der Waals surface area contributed by atoms with Crippen LogP contribution in [-0.2, 0) is 6.54 Å². The van der Waals surface area contributed by atoms with Gasteiger partial charge in [-0.1, -0.05) is 34.8 Å². The van der Waals surface area contributed by atoms with Crippen molar-refractivity contribution in [2.24, 2.45) is 0 Å². The van der Waals surface area contributed by atoms with Gasteiger partial charge in [-0.2, -0.15) is 0 Å². The Morgan fingerprint density at radius 2 is 1.81 bits per heavy atom. The van der Waals surface area contributed by atoms with Gasteiger partial charge in [0, 0.05) is 11.0 Å². The molecule has 1 aliphatic heterocycles. The second kappa shape index (κ2) is 5.78. The van der Waals surface area contributed by atoms with Crippen LogP contribution >= 0.6 is 15.9 Å². The molecule has 3 heteroatoms. The summed E-state index contributed by atoms with van der Waals surface area (Å²) in [7, 11) is 0. The number of likely N-dealkylation sites (tertiary alicyclic amines) is 1. The summed E-state index contributed by atoms with van der Waals surface area (Å²) in [6, 6.07) is 4.97. The summed E-state index contributed by atoms with van der Waals surface area (Å²) in [5.41, 5.74) is 1.18. The van der Waals surface area contributed by atoms with Gasteiger partial charge in [-0.15, -0.1) is 0 Å². The summed E-state index contributed by atoms with van der Waals surface area (Å²) in [5, 5.41) is 0. The second-order valence-electron chi connectivity index (χ2n) is 4.43. The highest BCUT2D eigenvalue weighted by atomic mass is 79.9. The molecule has 1 saturated heterocycles. The fraction of sp³-hybridized carbons (Fsp3) is 0.538. The van der Waals surface area contributed by atoms with Crippen LogP contribution in [0.1, 0.15) is 31.2 Å². The van der Waals surface area contributed by atoms with Crippen molar-refractivity contribution in [3.05, 3.63) is 34.1 Å². The van der Waals surface area contributed by atoms with E-state index in [1.807, 2.05) is 6.07 Å². The van der Waals surface area contributed by atoms with E-state index in [-0.39, 0.29) is 5.82 Å². The average Bonchev–Trinajstić information content (AvgIpc) is 2.51. The molecule has 0 saturated carbocycles. The molecule has 0 atom stereocenters. The van der Waals surface area contributed by atoms with Crippen LogP contribution in [0.3, 0.4) is 0 Å². The van der Waals surface area contributed by atoms with Crippen molar-refractivity contribution in [3.63, 3.8) is 0 Å². The largest absolute Gasteiger partial charge is 0.299 e. The molecule has 1 heterocycles. The Morgan fingerprint density at radius 1 is 1.12 bits per heavy atom. The standard InChI is InChI=1S/C13H17BrFN/c14-13-9-12(15)6-5-11(13)10-16-7-3-1-2-4-8-16/h5-6,9H,1-4,7-8,10H2. The molecule has 1 nitrogen and oxygen atoms in total. The zero-order chi connectivity index (χ0) is 11.4. The summed E-state index contributed by atoms with van der Waals surface area (Å²) >= 11 is 3.43. The van der Waals surface area contributed by atoms with Crippen molar-refractivity contribution in [1.82, 2.24) is 4.90 Å². The predicted molar refractivity (Wildman–Crippen MR) is 67.8 cm³/mol. The van der Waals surface area contributed by atoms with Gasteiger partial charge in [0.25, 0.3) is 0 Å². The van der Waals surface area contributed by atoms with Crippen LogP contribution in [0.15, 0.2) is 22.7 Å². The van der Waals surface area contributed by atoms with Gasteiger partial charge in [0.1, 0.15) is 5.82 Å². The van der Waals surface area contributed by atoms with Gasteiger partial charge in [-0.3, -0.25) is 4.90 Å². The third-order valence-electron chi connectivity index (χ3n) is 3.11. The highest BCUT2D eigenvalue weighted by Gasteiger charge is 2.11. The Labute approximate surface area is 105 Å². The quantitative estimate of drug-likeness (QED) is 0.795. The van der Waals surface area contributed by atoms with Crippen LogP contribution in [-0.4, -0.2) is 18.0 Å². The minimum atomic E-state index is -0.175. The van der Waals surface area contributed by atoms with Crippen LogP contribution < -0.4 is 0 Å². The normalized spacial score (nSPS) is 18.4. The first kappa shape index (κ1) is 12.1. The van der Waals surface area contributed by atoms with E-state index in [9.17, 15) is 4.39 Å². The molecule has 1 fully saturated rings. The van der Waals surface area contributed by atoms with E-state index < -0.39 is 0 Å². The van der Waals surface area contributed by atoms with Crippen molar-refractivity contribution in [1.29, 1.82) is 0 Å². The van der Waals surface area contributed by atoms with Gasteiger partial charge < -0.3 is 0 Å². The van der Waals surface area contributed by atoms with Crippen LogP contribution in [0.2, 0.25) is 0 Å². The minimum Gasteiger partial charge on any atom is -0.299 e. The molecule has 0 unspecified atom stereocenters. The molecule has 0 spiro atoms. The van der Waals surface area contributed by atoms with E-state index in [0.29, 0.717) is 0 Å². The molecule has 0 bridgehead atoms. The first-order chi connectivity index (χ1) is 7.75. The van der Waals surface area contributed by atoms with Crippen LogP contribution in [0, 0.1) is 5.82 Å². The smallest absolute Gasteiger partial charge is 0.124 e. The second-order valence-corrected chi connectivity index (χ2v) is 5.28. The number of rotatable bonds is 2. The number of nitrogens with zero attached hydrogens (tertiary/aromatic N) is 1. The maximum Gasteiger partial charge on any atom is 0.124 e. The molecule has 0 radical (unpaired) electrons. The maximum atomic E-state index is 12.9. The number of hydrogen-bond donors (Lipinski definition) is 0. The molecule has 16 heavy (non-hydrogen) atoms. The molecule has 0 aromatic heterocycles. The zero-order valence-electron chi connectivity index (χ0n) is 9.38. The van der Waals surface area contributed by atoms with Gasteiger partial charge in [0.15, 0.2) is 0 Å². The van der Waals surface area contributed by atoms with E-state index in [0.717, 1.165) is 11.0 Å². The third kappa shape index (κ3) is 3.29. The van der Waals surface area contributed by atoms with Crippen molar-refractivity contribution in [2.75, 3.05) is 13.1 Å². The highest BCUT2D eigenvalue weighted by molar-refractivity contribution is 9.10. The van der Waals surface area contributed by atoms with Gasteiger partial charge in [0.05, 0.1) is 0 Å². The Bertz CT molecular complexity index is 346.